The summed E-state index contributed by atoms with van der Waals surface area (Å²) in [5.74, 6) is -0.266. The van der Waals surface area contributed by atoms with Gasteiger partial charge >= 0.3 is 0 Å². The summed E-state index contributed by atoms with van der Waals surface area (Å²) in [6.07, 6.45) is 1.50. The highest BCUT2D eigenvalue weighted by atomic mass is 32.2. The molecule has 10 nitrogen and oxygen atoms in total. The lowest BCUT2D eigenvalue weighted by molar-refractivity contribution is -0.119. The van der Waals surface area contributed by atoms with Gasteiger partial charge in [-0.05, 0) is 55.6 Å². The molecule has 0 bridgehead atoms. The minimum Gasteiger partial charge on any atom is -0.497 e. The first-order valence-electron chi connectivity index (χ1n) is 10.8. The molecule has 1 aliphatic heterocycles. The van der Waals surface area contributed by atoms with Gasteiger partial charge in [0, 0.05) is 44.3 Å². The van der Waals surface area contributed by atoms with E-state index in [1.54, 1.807) is 24.3 Å². The molecule has 0 radical (unpaired) electrons. The zero-order valence-corrected chi connectivity index (χ0v) is 20.3. The SMILES string of the molecule is COc1ccc(N(CC(=O)NN=C2CCN(C)CC2)S(=O)(=O)c2ccc(NC(C)=O)cc2)cc1. The van der Waals surface area contributed by atoms with Crippen molar-refractivity contribution in [3.63, 3.8) is 0 Å². The van der Waals surface area contributed by atoms with Crippen molar-refractivity contribution in [3.05, 3.63) is 48.5 Å². The molecule has 3 rings (SSSR count). The first kappa shape index (κ1) is 25.2. The quantitative estimate of drug-likeness (QED) is 0.550. The first-order valence-corrected chi connectivity index (χ1v) is 12.2. The molecule has 182 valence electrons. The van der Waals surface area contributed by atoms with E-state index in [4.69, 9.17) is 4.74 Å². The fourth-order valence-electron chi connectivity index (χ4n) is 3.40. The number of carbonyl (C=O) groups is 2. The van der Waals surface area contributed by atoms with Crippen molar-refractivity contribution in [2.75, 3.05) is 43.4 Å². The van der Waals surface area contributed by atoms with Crippen LogP contribution in [0.15, 0.2) is 58.5 Å². The van der Waals surface area contributed by atoms with E-state index in [1.807, 2.05) is 7.05 Å². The normalized spacial score (nSPS) is 14.3. The van der Waals surface area contributed by atoms with Gasteiger partial charge in [0.2, 0.25) is 5.91 Å². The van der Waals surface area contributed by atoms with Crippen LogP contribution in [0.25, 0.3) is 0 Å². The number of sulfonamides is 1. The van der Waals surface area contributed by atoms with Crippen molar-refractivity contribution in [1.29, 1.82) is 0 Å². The van der Waals surface area contributed by atoms with Gasteiger partial charge in [-0.25, -0.2) is 13.8 Å². The Morgan fingerprint density at radius 3 is 2.24 bits per heavy atom. The molecule has 1 aliphatic rings. The molecule has 1 heterocycles. The van der Waals surface area contributed by atoms with E-state index in [1.165, 1.54) is 38.3 Å². The van der Waals surface area contributed by atoms with Crippen LogP contribution >= 0.6 is 0 Å². The van der Waals surface area contributed by atoms with Crippen LogP contribution in [-0.2, 0) is 19.6 Å². The number of nitrogens with one attached hydrogen (secondary N) is 2. The Balaban J connectivity index is 1.84. The highest BCUT2D eigenvalue weighted by Crippen LogP contribution is 2.26. The fraction of sp³-hybridized carbons (Fsp3) is 0.348. The zero-order chi connectivity index (χ0) is 24.7. The van der Waals surface area contributed by atoms with Gasteiger partial charge in [-0.15, -0.1) is 0 Å². The number of ether oxygens (including phenoxy) is 1. The Morgan fingerprint density at radius 2 is 1.68 bits per heavy atom. The van der Waals surface area contributed by atoms with Gasteiger partial charge in [0.1, 0.15) is 12.3 Å². The van der Waals surface area contributed by atoms with Crippen molar-refractivity contribution in [1.82, 2.24) is 10.3 Å². The average molecular weight is 488 g/mol. The molecule has 34 heavy (non-hydrogen) atoms. The van der Waals surface area contributed by atoms with Gasteiger partial charge < -0.3 is 15.0 Å². The third-order valence-corrected chi connectivity index (χ3v) is 7.10. The van der Waals surface area contributed by atoms with E-state index < -0.39 is 22.5 Å². The summed E-state index contributed by atoms with van der Waals surface area (Å²) in [6.45, 7) is 2.62. The largest absolute Gasteiger partial charge is 0.497 e. The number of hydrazone groups is 1. The fourth-order valence-corrected chi connectivity index (χ4v) is 4.82. The second kappa shape index (κ2) is 11.1. The van der Waals surface area contributed by atoms with E-state index in [0.717, 1.165) is 35.9 Å². The van der Waals surface area contributed by atoms with Crippen LogP contribution in [0.4, 0.5) is 11.4 Å². The van der Waals surface area contributed by atoms with Crippen LogP contribution in [0.1, 0.15) is 19.8 Å². The number of methoxy groups -OCH3 is 1. The summed E-state index contributed by atoms with van der Waals surface area (Å²) in [5, 5.41) is 6.79. The predicted octanol–water partition coefficient (Wildman–Crippen LogP) is 2.05. The number of anilines is 2. The summed E-state index contributed by atoms with van der Waals surface area (Å²) in [6, 6.07) is 12.1. The molecule has 0 unspecified atom stereocenters. The molecule has 0 spiro atoms. The van der Waals surface area contributed by atoms with Crippen LogP contribution in [0.5, 0.6) is 5.75 Å². The van der Waals surface area contributed by atoms with Crippen LogP contribution in [0.2, 0.25) is 0 Å². The van der Waals surface area contributed by atoms with E-state index in [9.17, 15) is 18.0 Å². The number of nitrogens with zero attached hydrogens (tertiary/aromatic N) is 3. The number of likely N-dealkylation sites (tertiary alicyclic amines) is 1. The smallest absolute Gasteiger partial charge is 0.264 e. The third kappa shape index (κ3) is 6.55. The van der Waals surface area contributed by atoms with Crippen LogP contribution < -0.4 is 19.8 Å². The van der Waals surface area contributed by atoms with E-state index in [-0.39, 0.29) is 10.8 Å². The van der Waals surface area contributed by atoms with Crippen LogP contribution in [-0.4, -0.2) is 64.6 Å². The van der Waals surface area contributed by atoms with E-state index >= 15 is 0 Å². The highest BCUT2D eigenvalue weighted by Gasteiger charge is 2.27. The van der Waals surface area contributed by atoms with Gasteiger partial charge in [0.15, 0.2) is 0 Å². The lowest BCUT2D eigenvalue weighted by Gasteiger charge is -2.25. The summed E-state index contributed by atoms with van der Waals surface area (Å²) in [7, 11) is -0.567. The lowest BCUT2D eigenvalue weighted by atomic mass is 10.1. The second-order valence-electron chi connectivity index (χ2n) is 7.93. The Kier molecular flexibility index (Phi) is 8.24. The van der Waals surface area contributed by atoms with Gasteiger partial charge in [-0.1, -0.05) is 0 Å². The Morgan fingerprint density at radius 1 is 1.06 bits per heavy atom. The highest BCUT2D eigenvalue weighted by molar-refractivity contribution is 7.92. The number of amides is 2. The van der Waals surface area contributed by atoms with Crippen molar-refractivity contribution in [2.24, 2.45) is 5.10 Å². The van der Waals surface area contributed by atoms with E-state index in [2.05, 4.69) is 20.7 Å². The Labute approximate surface area is 199 Å². The van der Waals surface area contributed by atoms with Gasteiger partial charge in [-0.2, -0.15) is 5.10 Å². The maximum Gasteiger partial charge on any atom is 0.264 e. The monoisotopic (exact) mass is 487 g/mol. The third-order valence-electron chi connectivity index (χ3n) is 5.31. The number of carbonyl (C=O) groups excluding carboxylic acids is 2. The molecule has 11 heteroatoms. The Bertz CT molecular complexity index is 1140. The van der Waals surface area contributed by atoms with Crippen molar-refractivity contribution in [3.8, 4) is 5.75 Å². The number of hydrogen-bond acceptors (Lipinski definition) is 7. The number of rotatable bonds is 8. The number of hydrogen-bond donors (Lipinski definition) is 2. The van der Waals surface area contributed by atoms with Crippen molar-refractivity contribution in [2.45, 2.75) is 24.7 Å². The molecule has 1 fully saturated rings. The predicted molar refractivity (Wildman–Crippen MR) is 131 cm³/mol. The van der Waals surface area contributed by atoms with Gasteiger partial charge in [0.05, 0.1) is 17.7 Å². The maximum absolute atomic E-state index is 13.5. The molecular weight excluding hydrogens is 458 g/mol. The van der Waals surface area contributed by atoms with Crippen LogP contribution in [0.3, 0.4) is 0 Å². The Hall–Kier alpha value is -3.44. The zero-order valence-electron chi connectivity index (χ0n) is 19.4. The molecule has 1 saturated heterocycles. The minimum absolute atomic E-state index is 0.0214. The molecule has 0 atom stereocenters. The maximum atomic E-state index is 13.5. The van der Waals surface area contributed by atoms with Crippen molar-refractivity contribution < 1.29 is 22.7 Å². The van der Waals surface area contributed by atoms with Gasteiger partial charge in [-0.3, -0.25) is 13.9 Å². The molecule has 2 aromatic carbocycles. The molecule has 0 aromatic heterocycles. The molecule has 2 amide bonds. The summed E-state index contributed by atoms with van der Waals surface area (Å²) in [5.41, 5.74) is 4.14. The number of benzene rings is 2. The molecular formula is C23H29N5O5S. The standard InChI is InChI=1S/C23H29N5O5S/c1-17(29)24-18-4-10-22(11-5-18)34(31,32)28(20-6-8-21(33-3)9-7-20)16-23(30)26-25-19-12-14-27(2)15-13-19/h4-11H,12-16H2,1-3H3,(H,24,29)(H,26,30). The molecule has 0 aliphatic carbocycles. The minimum atomic E-state index is -4.10. The summed E-state index contributed by atoms with van der Waals surface area (Å²) in [4.78, 5) is 26.1. The number of piperidine rings is 1. The first-order chi connectivity index (χ1) is 16.2. The lowest BCUT2D eigenvalue weighted by Crippen LogP contribution is -2.40. The molecule has 2 aromatic rings. The van der Waals surface area contributed by atoms with E-state index in [0.29, 0.717) is 17.1 Å². The van der Waals surface area contributed by atoms with Crippen LogP contribution in [0, 0.1) is 0 Å². The van der Waals surface area contributed by atoms with Gasteiger partial charge in [0.25, 0.3) is 15.9 Å². The molecule has 2 N–H and O–H groups in total. The molecule has 0 saturated carbocycles. The second-order valence-corrected chi connectivity index (χ2v) is 9.79. The topological polar surface area (TPSA) is 120 Å². The summed E-state index contributed by atoms with van der Waals surface area (Å²) < 4.78 is 33.1. The average Bonchev–Trinajstić information content (AvgIpc) is 2.82. The van der Waals surface area contributed by atoms with Crippen molar-refractivity contribution >= 4 is 38.9 Å². The summed E-state index contributed by atoms with van der Waals surface area (Å²) >= 11 is 0.